The van der Waals surface area contributed by atoms with Gasteiger partial charge in [0.1, 0.15) is 0 Å². The van der Waals surface area contributed by atoms with Crippen molar-refractivity contribution in [3.05, 3.63) is 0 Å². The Balaban J connectivity index is 2.54. The molecule has 4 heteroatoms. The van der Waals surface area contributed by atoms with Gasteiger partial charge in [0.15, 0.2) is 0 Å². The summed E-state index contributed by atoms with van der Waals surface area (Å²) in [5.41, 5.74) is 0. The molecule has 0 amide bonds. The van der Waals surface area contributed by atoms with Crippen LogP contribution < -0.4 is 0 Å². The summed E-state index contributed by atoms with van der Waals surface area (Å²) in [6.07, 6.45) is 2.40. The van der Waals surface area contributed by atoms with Crippen LogP contribution in [0.25, 0.3) is 0 Å². The Bertz CT molecular complexity index is 258. The van der Waals surface area contributed by atoms with Crippen LogP contribution in [-0.2, 0) is 4.79 Å². The fraction of sp³-hybridized carbons (Fsp3) is 0.923. The molecule has 1 saturated carbocycles. The number of Topliss-reactive ketones (excluding diaryl/α,β-unsaturated/α-hetero) is 1. The molecular weight excluding hydrogens is 301 g/mol. The van der Waals surface area contributed by atoms with Crippen molar-refractivity contribution in [3.8, 4) is 0 Å². The van der Waals surface area contributed by atoms with E-state index < -0.39 is 30.5 Å². The Morgan fingerprint density at radius 2 is 1.41 bits per heavy atom. The third-order valence-electron chi connectivity index (χ3n) is 3.02. The van der Waals surface area contributed by atoms with Crippen molar-refractivity contribution in [3.63, 3.8) is 0 Å². The standard InChI is InChI=1S/C13H29GeOSi2/c1-16(2,3)10-14(11-17(4,5)6)9-13(15)12-7-8-12/h12H,7-11H2,1-6H3. The van der Waals surface area contributed by atoms with E-state index in [9.17, 15) is 4.79 Å². The summed E-state index contributed by atoms with van der Waals surface area (Å²) in [5.74, 6) is 1.15. The normalized spacial score (nSPS) is 17.6. The zero-order chi connectivity index (χ0) is 13.3. The average molecular weight is 330 g/mol. The minimum absolute atomic E-state index is 0.501. The van der Waals surface area contributed by atoms with Gasteiger partial charge in [0.05, 0.1) is 0 Å². The Labute approximate surface area is 114 Å². The molecule has 17 heavy (non-hydrogen) atoms. The van der Waals surface area contributed by atoms with Crippen LogP contribution in [0, 0.1) is 5.92 Å². The van der Waals surface area contributed by atoms with Crippen LogP contribution in [0.15, 0.2) is 0 Å². The van der Waals surface area contributed by atoms with Gasteiger partial charge >= 0.3 is 114 Å². The van der Waals surface area contributed by atoms with Crippen molar-refractivity contribution in [2.24, 2.45) is 5.92 Å². The molecule has 0 aromatic heterocycles. The van der Waals surface area contributed by atoms with Gasteiger partial charge < -0.3 is 0 Å². The summed E-state index contributed by atoms with van der Waals surface area (Å²) < 4.78 is 0. The van der Waals surface area contributed by atoms with Gasteiger partial charge in [-0.15, -0.1) is 0 Å². The van der Waals surface area contributed by atoms with Crippen molar-refractivity contribution in [1.29, 1.82) is 0 Å². The Morgan fingerprint density at radius 1 is 1.00 bits per heavy atom. The van der Waals surface area contributed by atoms with Gasteiger partial charge in [-0.25, -0.2) is 0 Å². The van der Waals surface area contributed by atoms with Gasteiger partial charge in [-0.3, -0.25) is 0 Å². The van der Waals surface area contributed by atoms with Gasteiger partial charge in [0, 0.05) is 0 Å². The van der Waals surface area contributed by atoms with Gasteiger partial charge in [0.25, 0.3) is 0 Å². The Morgan fingerprint density at radius 3 is 1.71 bits per heavy atom. The Kier molecular flexibility index (Phi) is 5.30. The van der Waals surface area contributed by atoms with Crippen LogP contribution in [0.4, 0.5) is 0 Å². The molecule has 1 aliphatic carbocycles. The van der Waals surface area contributed by atoms with Crippen molar-refractivity contribution in [2.75, 3.05) is 0 Å². The van der Waals surface area contributed by atoms with E-state index in [4.69, 9.17) is 0 Å². The number of hydrogen-bond donors (Lipinski definition) is 0. The molecule has 1 nitrogen and oxygen atoms in total. The minimum atomic E-state index is -1.08. The SMILES string of the molecule is C[Si](C)(C)[CH2][Ge]([CH2]C(=O)C1CC1)[CH2][Si](C)(C)C. The van der Waals surface area contributed by atoms with Crippen molar-refractivity contribution in [1.82, 2.24) is 0 Å². The summed E-state index contributed by atoms with van der Waals surface area (Å²) in [6, 6.07) is 0. The molecule has 0 atom stereocenters. The first kappa shape index (κ1) is 15.7. The van der Waals surface area contributed by atoms with Gasteiger partial charge in [-0.2, -0.15) is 0 Å². The number of ketones is 1. The van der Waals surface area contributed by atoms with E-state index in [1.807, 2.05) is 0 Å². The van der Waals surface area contributed by atoms with E-state index in [2.05, 4.69) is 39.3 Å². The summed E-state index contributed by atoms with van der Waals surface area (Å²) in [6.45, 7) is 14.9. The molecule has 99 valence electrons. The predicted octanol–water partition coefficient (Wildman–Crippen LogP) is 4.22. The van der Waals surface area contributed by atoms with E-state index in [1.54, 1.807) is 0 Å². The summed E-state index contributed by atoms with van der Waals surface area (Å²) >= 11 is -1.08. The molecule has 0 aliphatic heterocycles. The molecule has 0 aromatic rings. The molecule has 0 heterocycles. The monoisotopic (exact) mass is 331 g/mol. The summed E-state index contributed by atoms with van der Waals surface area (Å²) in [7, 11) is -1.91. The summed E-state index contributed by atoms with van der Waals surface area (Å²) in [5, 5.41) is 1.05. The fourth-order valence-electron chi connectivity index (χ4n) is 2.48. The van der Waals surface area contributed by atoms with Gasteiger partial charge in [-0.1, -0.05) is 0 Å². The molecule has 1 fully saturated rings. The molecule has 0 saturated heterocycles. The number of carbonyl (C=O) groups is 1. The molecule has 1 radical (unpaired) electrons. The average Bonchev–Trinajstić information content (AvgIpc) is 2.76. The molecule has 1 rings (SSSR count). The van der Waals surface area contributed by atoms with Crippen LogP contribution in [0.5, 0.6) is 0 Å². The zero-order valence-electron chi connectivity index (χ0n) is 12.5. The quantitative estimate of drug-likeness (QED) is 0.639. The molecule has 0 unspecified atom stereocenters. The second kappa shape index (κ2) is 5.74. The van der Waals surface area contributed by atoms with Crippen LogP contribution in [0.2, 0.25) is 54.3 Å². The predicted molar refractivity (Wildman–Crippen MR) is 84.6 cm³/mol. The molecule has 1 aliphatic rings. The van der Waals surface area contributed by atoms with E-state index >= 15 is 0 Å². The first-order valence-electron chi connectivity index (χ1n) is 6.93. The van der Waals surface area contributed by atoms with E-state index in [0.717, 1.165) is 5.25 Å². The van der Waals surface area contributed by atoms with Crippen molar-refractivity contribution < 1.29 is 4.79 Å². The Hall–Kier alpha value is 0.647. The summed E-state index contributed by atoms with van der Waals surface area (Å²) in [4.78, 5) is 15.1. The zero-order valence-corrected chi connectivity index (χ0v) is 16.6. The second-order valence-electron chi connectivity index (χ2n) is 8.14. The third-order valence-corrected chi connectivity index (χ3v) is 27.6. The van der Waals surface area contributed by atoms with Gasteiger partial charge in [-0.05, 0) is 0 Å². The van der Waals surface area contributed by atoms with Crippen LogP contribution in [-0.4, -0.2) is 36.3 Å². The van der Waals surface area contributed by atoms with E-state index in [-0.39, 0.29) is 0 Å². The molecule has 0 bridgehead atoms. The van der Waals surface area contributed by atoms with Gasteiger partial charge in [0.2, 0.25) is 0 Å². The van der Waals surface area contributed by atoms with E-state index in [1.165, 1.54) is 22.6 Å². The van der Waals surface area contributed by atoms with Crippen LogP contribution >= 0.6 is 0 Å². The third kappa shape index (κ3) is 7.62. The van der Waals surface area contributed by atoms with Crippen molar-refractivity contribution >= 4 is 36.3 Å². The topological polar surface area (TPSA) is 17.1 Å². The number of hydrogen-bond acceptors (Lipinski definition) is 1. The van der Waals surface area contributed by atoms with Crippen LogP contribution in [0.3, 0.4) is 0 Å². The second-order valence-corrected chi connectivity index (χ2v) is 27.4. The number of rotatable bonds is 7. The maximum atomic E-state index is 12.1. The molecule has 0 aromatic carbocycles. The fourth-order valence-corrected chi connectivity index (χ4v) is 30.7. The van der Waals surface area contributed by atoms with Crippen molar-refractivity contribution in [2.45, 2.75) is 67.1 Å². The number of carbonyl (C=O) groups excluding carboxylic acids is 1. The van der Waals surface area contributed by atoms with Crippen LogP contribution in [0.1, 0.15) is 12.8 Å². The first-order chi connectivity index (χ1) is 7.57. The first-order valence-corrected chi connectivity index (χ1v) is 18.8. The van der Waals surface area contributed by atoms with E-state index in [0.29, 0.717) is 11.7 Å². The maximum absolute atomic E-state index is 12.1. The molecule has 0 spiro atoms. The molecule has 0 N–H and O–H groups in total. The molecular formula is C13H29GeOSi2.